The molecule has 1 saturated heterocycles. The molecule has 1 atom stereocenters. The van der Waals surface area contributed by atoms with Gasteiger partial charge in [0.2, 0.25) is 11.8 Å². The van der Waals surface area contributed by atoms with E-state index in [1.807, 2.05) is 0 Å². The van der Waals surface area contributed by atoms with E-state index in [1.165, 1.54) is 12.1 Å². The Balaban J connectivity index is 2.11. The Labute approximate surface area is 110 Å². The minimum atomic E-state index is -0.658. The van der Waals surface area contributed by atoms with Gasteiger partial charge in [-0.05, 0) is 37.6 Å². The van der Waals surface area contributed by atoms with Crippen LogP contribution >= 0.6 is 0 Å². The molecular formula is C13H16FN3O2. The number of hydrogen-bond acceptors (Lipinski definition) is 3. The molecule has 19 heavy (non-hydrogen) atoms. The average Bonchev–Trinajstić information content (AvgIpc) is 2.42. The van der Waals surface area contributed by atoms with E-state index in [9.17, 15) is 14.0 Å². The third-order valence-electron chi connectivity index (χ3n) is 3.18. The standard InChI is InChI=1S/C13H16FN3O2/c14-10-4-3-8(12(15)18)6-11(10)17-13(19)9-2-1-5-16-7-9/h3-4,6,9,16H,1-2,5,7H2,(H2,15,18)(H,17,19). The third-order valence-corrected chi connectivity index (χ3v) is 3.18. The fraction of sp³-hybridized carbons (Fsp3) is 0.385. The molecule has 4 N–H and O–H groups in total. The van der Waals surface area contributed by atoms with Crippen LogP contribution in [0.1, 0.15) is 23.2 Å². The summed E-state index contributed by atoms with van der Waals surface area (Å²) in [6, 6.07) is 3.66. The monoisotopic (exact) mass is 265 g/mol. The van der Waals surface area contributed by atoms with Crippen LogP contribution in [0.3, 0.4) is 0 Å². The van der Waals surface area contributed by atoms with Crippen LogP contribution in [0.5, 0.6) is 0 Å². The summed E-state index contributed by atoms with van der Waals surface area (Å²) in [6.07, 6.45) is 1.69. The summed E-state index contributed by atoms with van der Waals surface area (Å²) in [5.41, 5.74) is 5.28. The van der Waals surface area contributed by atoms with Crippen LogP contribution in [0.25, 0.3) is 0 Å². The number of carbonyl (C=O) groups excluding carboxylic acids is 2. The molecule has 1 aliphatic heterocycles. The Kier molecular flexibility index (Phi) is 4.11. The number of anilines is 1. The predicted molar refractivity (Wildman–Crippen MR) is 69.1 cm³/mol. The molecule has 0 radical (unpaired) electrons. The number of primary amides is 1. The highest BCUT2D eigenvalue weighted by molar-refractivity contribution is 5.97. The maximum Gasteiger partial charge on any atom is 0.248 e. The molecule has 0 aliphatic carbocycles. The van der Waals surface area contributed by atoms with Gasteiger partial charge < -0.3 is 16.4 Å². The lowest BCUT2D eigenvalue weighted by Crippen LogP contribution is -2.37. The van der Waals surface area contributed by atoms with Gasteiger partial charge in [-0.15, -0.1) is 0 Å². The first-order chi connectivity index (χ1) is 9.08. The highest BCUT2D eigenvalue weighted by Gasteiger charge is 2.22. The lowest BCUT2D eigenvalue weighted by molar-refractivity contribution is -0.120. The molecular weight excluding hydrogens is 249 g/mol. The van der Waals surface area contributed by atoms with E-state index in [4.69, 9.17) is 5.73 Å². The molecule has 1 fully saturated rings. The van der Waals surface area contributed by atoms with Gasteiger partial charge in [-0.3, -0.25) is 9.59 Å². The van der Waals surface area contributed by atoms with Crippen molar-refractivity contribution in [2.45, 2.75) is 12.8 Å². The summed E-state index contributed by atoms with van der Waals surface area (Å²) in [4.78, 5) is 23.0. The van der Waals surface area contributed by atoms with Gasteiger partial charge in [-0.25, -0.2) is 4.39 Å². The van der Waals surface area contributed by atoms with E-state index < -0.39 is 11.7 Å². The zero-order valence-corrected chi connectivity index (χ0v) is 10.4. The lowest BCUT2D eigenvalue weighted by Gasteiger charge is -2.22. The number of carbonyl (C=O) groups is 2. The minimum absolute atomic E-state index is 0.00752. The number of halogens is 1. The van der Waals surface area contributed by atoms with Gasteiger partial charge in [-0.1, -0.05) is 0 Å². The first kappa shape index (κ1) is 13.5. The number of rotatable bonds is 3. The largest absolute Gasteiger partial charge is 0.366 e. The van der Waals surface area contributed by atoms with E-state index in [0.717, 1.165) is 25.5 Å². The van der Waals surface area contributed by atoms with Crippen molar-refractivity contribution >= 4 is 17.5 Å². The second-order valence-electron chi connectivity index (χ2n) is 4.59. The van der Waals surface area contributed by atoms with Gasteiger partial charge >= 0.3 is 0 Å². The van der Waals surface area contributed by atoms with Crippen molar-refractivity contribution in [2.24, 2.45) is 11.7 Å². The Morgan fingerprint density at radius 3 is 2.84 bits per heavy atom. The normalized spacial score (nSPS) is 18.9. The van der Waals surface area contributed by atoms with Gasteiger partial charge in [0.05, 0.1) is 11.6 Å². The highest BCUT2D eigenvalue weighted by Crippen LogP contribution is 2.18. The number of hydrogen-bond donors (Lipinski definition) is 3. The maximum absolute atomic E-state index is 13.6. The zero-order valence-electron chi connectivity index (χ0n) is 10.4. The summed E-state index contributed by atoms with van der Waals surface area (Å²) in [5.74, 6) is -1.66. The second-order valence-corrected chi connectivity index (χ2v) is 4.59. The van der Waals surface area contributed by atoms with Crippen LogP contribution in [-0.4, -0.2) is 24.9 Å². The van der Waals surface area contributed by atoms with E-state index >= 15 is 0 Å². The predicted octanol–water partition coefficient (Wildman–Crippen LogP) is 0.863. The molecule has 2 amide bonds. The van der Waals surface area contributed by atoms with E-state index in [0.29, 0.717) is 6.54 Å². The molecule has 1 aliphatic rings. The van der Waals surface area contributed by atoms with Crippen molar-refractivity contribution in [3.8, 4) is 0 Å². The van der Waals surface area contributed by atoms with Gasteiger partial charge in [0, 0.05) is 12.1 Å². The summed E-state index contributed by atoms with van der Waals surface area (Å²) < 4.78 is 13.6. The molecule has 6 heteroatoms. The molecule has 5 nitrogen and oxygen atoms in total. The lowest BCUT2D eigenvalue weighted by atomic mass is 9.98. The van der Waals surface area contributed by atoms with E-state index in [-0.39, 0.29) is 23.1 Å². The third kappa shape index (κ3) is 3.29. The summed E-state index contributed by atoms with van der Waals surface area (Å²) >= 11 is 0. The minimum Gasteiger partial charge on any atom is -0.366 e. The van der Waals surface area contributed by atoms with Crippen molar-refractivity contribution < 1.29 is 14.0 Å². The van der Waals surface area contributed by atoms with Gasteiger partial charge in [-0.2, -0.15) is 0 Å². The molecule has 1 aromatic carbocycles. The molecule has 2 rings (SSSR count). The Bertz CT molecular complexity index is 499. The highest BCUT2D eigenvalue weighted by atomic mass is 19.1. The quantitative estimate of drug-likeness (QED) is 0.758. The molecule has 1 unspecified atom stereocenters. The molecule has 0 spiro atoms. The number of benzene rings is 1. The molecule has 0 saturated carbocycles. The average molecular weight is 265 g/mol. The molecule has 0 bridgehead atoms. The summed E-state index contributed by atoms with van der Waals surface area (Å²) in [5, 5.41) is 5.63. The van der Waals surface area contributed by atoms with Crippen LogP contribution in [0.2, 0.25) is 0 Å². The van der Waals surface area contributed by atoms with E-state index in [2.05, 4.69) is 10.6 Å². The van der Waals surface area contributed by atoms with Crippen LogP contribution in [-0.2, 0) is 4.79 Å². The van der Waals surface area contributed by atoms with Crippen molar-refractivity contribution in [1.29, 1.82) is 0 Å². The topological polar surface area (TPSA) is 84.2 Å². The Morgan fingerprint density at radius 2 is 2.21 bits per heavy atom. The van der Waals surface area contributed by atoms with Crippen LogP contribution in [0.4, 0.5) is 10.1 Å². The van der Waals surface area contributed by atoms with Crippen molar-refractivity contribution in [2.75, 3.05) is 18.4 Å². The van der Waals surface area contributed by atoms with Crippen LogP contribution < -0.4 is 16.4 Å². The SMILES string of the molecule is NC(=O)c1ccc(F)c(NC(=O)C2CCCNC2)c1. The van der Waals surface area contributed by atoms with Crippen molar-refractivity contribution in [1.82, 2.24) is 5.32 Å². The molecule has 102 valence electrons. The number of nitrogens with two attached hydrogens (primary N) is 1. The number of nitrogens with one attached hydrogen (secondary N) is 2. The summed E-state index contributed by atoms with van der Waals surface area (Å²) in [7, 11) is 0. The zero-order chi connectivity index (χ0) is 13.8. The van der Waals surface area contributed by atoms with Crippen molar-refractivity contribution in [3.63, 3.8) is 0 Å². The van der Waals surface area contributed by atoms with Gasteiger partial charge in [0.15, 0.2) is 0 Å². The molecule has 1 heterocycles. The fourth-order valence-corrected chi connectivity index (χ4v) is 2.08. The number of piperidine rings is 1. The maximum atomic E-state index is 13.6. The van der Waals surface area contributed by atoms with Gasteiger partial charge in [0.1, 0.15) is 5.82 Å². The molecule has 1 aromatic rings. The Hall–Kier alpha value is -1.95. The van der Waals surface area contributed by atoms with Crippen LogP contribution in [0.15, 0.2) is 18.2 Å². The fourth-order valence-electron chi connectivity index (χ4n) is 2.08. The second kappa shape index (κ2) is 5.79. The van der Waals surface area contributed by atoms with Crippen LogP contribution in [0, 0.1) is 11.7 Å². The Morgan fingerprint density at radius 1 is 1.42 bits per heavy atom. The van der Waals surface area contributed by atoms with E-state index in [1.54, 1.807) is 0 Å². The van der Waals surface area contributed by atoms with Gasteiger partial charge in [0.25, 0.3) is 0 Å². The first-order valence-electron chi connectivity index (χ1n) is 6.19. The number of amides is 2. The first-order valence-corrected chi connectivity index (χ1v) is 6.19. The van der Waals surface area contributed by atoms with Crippen molar-refractivity contribution in [3.05, 3.63) is 29.6 Å². The molecule has 0 aromatic heterocycles. The summed E-state index contributed by atoms with van der Waals surface area (Å²) in [6.45, 7) is 1.48. The smallest absolute Gasteiger partial charge is 0.248 e.